The maximum Gasteiger partial charge on any atom is 0.212 e. The van der Waals surface area contributed by atoms with Gasteiger partial charge in [0.15, 0.2) is 5.96 Å². The van der Waals surface area contributed by atoms with Crippen LogP contribution in [0.1, 0.15) is 25.5 Å². The van der Waals surface area contributed by atoms with Gasteiger partial charge in [-0.25, -0.2) is 4.98 Å². The number of likely N-dealkylation sites (N-methyl/N-ethyl adjacent to an activating group) is 1. The Balaban J connectivity index is 2.04. The first-order chi connectivity index (χ1) is 10.2. The predicted octanol–water partition coefficient (Wildman–Crippen LogP) is 1.10. The molecule has 1 aromatic rings. The van der Waals surface area contributed by atoms with Crippen molar-refractivity contribution in [3.8, 4) is 5.88 Å². The molecule has 0 aliphatic carbocycles. The van der Waals surface area contributed by atoms with Gasteiger partial charge in [-0.1, -0.05) is 13.8 Å². The van der Waals surface area contributed by atoms with Crippen molar-refractivity contribution in [2.75, 3.05) is 39.8 Å². The molecule has 1 unspecified atom stereocenters. The van der Waals surface area contributed by atoms with Gasteiger partial charge >= 0.3 is 0 Å². The van der Waals surface area contributed by atoms with E-state index >= 15 is 0 Å². The van der Waals surface area contributed by atoms with Gasteiger partial charge in [0.1, 0.15) is 0 Å². The van der Waals surface area contributed by atoms with E-state index in [4.69, 9.17) is 10.5 Å². The number of nitrogens with zero attached hydrogens (tertiary/aromatic N) is 4. The number of ether oxygens (including phenoxy) is 1. The van der Waals surface area contributed by atoms with Gasteiger partial charge < -0.3 is 20.3 Å². The molecule has 2 heterocycles. The van der Waals surface area contributed by atoms with E-state index in [0.717, 1.165) is 31.7 Å². The number of methoxy groups -OCH3 is 1. The number of hydrogen-bond acceptors (Lipinski definition) is 6. The minimum atomic E-state index is 0.180. The Morgan fingerprint density at radius 2 is 2.14 bits per heavy atom. The van der Waals surface area contributed by atoms with E-state index in [1.54, 1.807) is 7.11 Å². The van der Waals surface area contributed by atoms with Gasteiger partial charge in [-0.2, -0.15) is 0 Å². The molecule has 0 amide bonds. The summed E-state index contributed by atoms with van der Waals surface area (Å²) in [7, 11) is 1.62. The van der Waals surface area contributed by atoms with Crippen LogP contribution in [0.3, 0.4) is 0 Å². The summed E-state index contributed by atoms with van der Waals surface area (Å²) >= 11 is 0. The van der Waals surface area contributed by atoms with E-state index in [9.17, 15) is 0 Å². The van der Waals surface area contributed by atoms with E-state index in [1.165, 1.54) is 0 Å². The van der Waals surface area contributed by atoms with Crippen LogP contribution in [0.2, 0.25) is 0 Å². The fraction of sp³-hybridized carbons (Fsp3) is 0.600. The van der Waals surface area contributed by atoms with Crippen molar-refractivity contribution in [2.24, 2.45) is 10.7 Å². The molecule has 6 nitrogen and oxygen atoms in total. The molecule has 0 bridgehead atoms. The molecule has 1 aliphatic heterocycles. The SMILES string of the molecule is CCN(CC)CCN1C(N)=NCC1c1ccc(OC)nc1. The van der Waals surface area contributed by atoms with Crippen molar-refractivity contribution in [1.29, 1.82) is 0 Å². The molecule has 1 aromatic heterocycles. The smallest absolute Gasteiger partial charge is 0.212 e. The molecule has 2 rings (SSSR count). The van der Waals surface area contributed by atoms with E-state index in [0.29, 0.717) is 18.4 Å². The number of aromatic nitrogens is 1. The lowest BCUT2D eigenvalue weighted by Gasteiger charge is -2.29. The van der Waals surface area contributed by atoms with Crippen LogP contribution in [0.15, 0.2) is 23.3 Å². The Hall–Kier alpha value is -1.82. The van der Waals surface area contributed by atoms with Gasteiger partial charge in [0, 0.05) is 25.4 Å². The van der Waals surface area contributed by atoms with Crippen molar-refractivity contribution in [2.45, 2.75) is 19.9 Å². The highest BCUT2D eigenvalue weighted by Gasteiger charge is 2.27. The molecule has 21 heavy (non-hydrogen) atoms. The fourth-order valence-electron chi connectivity index (χ4n) is 2.58. The Bertz CT molecular complexity index is 469. The van der Waals surface area contributed by atoms with Gasteiger partial charge in [-0.05, 0) is 24.7 Å². The number of nitrogens with two attached hydrogens (primary N) is 1. The summed E-state index contributed by atoms with van der Waals surface area (Å²) < 4.78 is 5.10. The van der Waals surface area contributed by atoms with Gasteiger partial charge in [0.05, 0.1) is 19.7 Å². The highest BCUT2D eigenvalue weighted by Crippen LogP contribution is 2.25. The molecule has 116 valence electrons. The molecule has 0 fully saturated rings. The van der Waals surface area contributed by atoms with Crippen molar-refractivity contribution in [3.05, 3.63) is 23.9 Å². The van der Waals surface area contributed by atoms with Crippen molar-refractivity contribution >= 4 is 5.96 Å². The third-order valence-electron chi connectivity index (χ3n) is 4.00. The summed E-state index contributed by atoms with van der Waals surface area (Å²) in [4.78, 5) is 13.2. The Morgan fingerprint density at radius 1 is 1.38 bits per heavy atom. The average Bonchev–Trinajstić information content (AvgIpc) is 2.89. The lowest BCUT2D eigenvalue weighted by molar-refractivity contribution is 0.248. The molecule has 1 aliphatic rings. The van der Waals surface area contributed by atoms with Crippen molar-refractivity contribution in [1.82, 2.24) is 14.8 Å². The maximum absolute atomic E-state index is 6.04. The van der Waals surface area contributed by atoms with Crippen LogP contribution in [0.4, 0.5) is 0 Å². The van der Waals surface area contributed by atoms with Crippen LogP contribution in [-0.2, 0) is 0 Å². The first-order valence-electron chi connectivity index (χ1n) is 7.48. The maximum atomic E-state index is 6.04. The van der Waals surface area contributed by atoms with E-state index in [-0.39, 0.29) is 6.04 Å². The normalized spacial score (nSPS) is 18.2. The van der Waals surface area contributed by atoms with Crippen LogP contribution < -0.4 is 10.5 Å². The van der Waals surface area contributed by atoms with E-state index in [1.807, 2.05) is 18.3 Å². The summed E-state index contributed by atoms with van der Waals surface area (Å²) in [5.41, 5.74) is 7.17. The third-order valence-corrected chi connectivity index (χ3v) is 4.00. The number of pyridine rings is 1. The molecule has 0 radical (unpaired) electrons. The van der Waals surface area contributed by atoms with Crippen LogP contribution in [0.5, 0.6) is 5.88 Å². The summed E-state index contributed by atoms with van der Waals surface area (Å²) in [6.45, 7) is 9.02. The number of guanidine groups is 1. The number of hydrogen-bond donors (Lipinski definition) is 1. The molecule has 2 N–H and O–H groups in total. The summed E-state index contributed by atoms with van der Waals surface area (Å²) in [5.74, 6) is 1.25. The zero-order valence-corrected chi connectivity index (χ0v) is 13.1. The Labute approximate surface area is 126 Å². The Morgan fingerprint density at radius 3 is 2.71 bits per heavy atom. The highest BCUT2D eigenvalue weighted by atomic mass is 16.5. The monoisotopic (exact) mass is 291 g/mol. The number of aliphatic imine (C=N–C) groups is 1. The zero-order valence-electron chi connectivity index (χ0n) is 13.1. The molecule has 6 heteroatoms. The molecular weight excluding hydrogens is 266 g/mol. The first kappa shape index (κ1) is 15.6. The van der Waals surface area contributed by atoms with Crippen molar-refractivity contribution in [3.63, 3.8) is 0 Å². The third kappa shape index (κ3) is 3.64. The van der Waals surface area contributed by atoms with Gasteiger partial charge in [0.25, 0.3) is 0 Å². The topological polar surface area (TPSA) is 67.0 Å². The second kappa shape index (κ2) is 7.26. The molecule has 0 saturated carbocycles. The fourth-order valence-corrected chi connectivity index (χ4v) is 2.58. The molecule has 1 atom stereocenters. The Kier molecular flexibility index (Phi) is 5.38. The highest BCUT2D eigenvalue weighted by molar-refractivity contribution is 5.80. The zero-order chi connectivity index (χ0) is 15.2. The standard InChI is InChI=1S/C15H25N5O/c1-4-19(5-2)8-9-20-13(11-18-15(20)16)12-6-7-14(21-3)17-10-12/h6-7,10,13H,4-5,8-9,11H2,1-3H3,(H2,16,18). The van der Waals surface area contributed by atoms with Crippen molar-refractivity contribution < 1.29 is 4.74 Å². The minimum absolute atomic E-state index is 0.180. The second-order valence-corrected chi connectivity index (χ2v) is 5.07. The lowest BCUT2D eigenvalue weighted by atomic mass is 10.1. The van der Waals surface area contributed by atoms with Crippen LogP contribution in [-0.4, -0.2) is 60.6 Å². The van der Waals surface area contributed by atoms with E-state index in [2.05, 4.69) is 33.6 Å². The van der Waals surface area contributed by atoms with Gasteiger partial charge in [-0.15, -0.1) is 0 Å². The quantitative estimate of drug-likeness (QED) is 0.815. The molecule has 0 spiro atoms. The summed E-state index contributed by atoms with van der Waals surface area (Å²) in [5, 5.41) is 0. The summed E-state index contributed by atoms with van der Waals surface area (Å²) in [6.07, 6.45) is 1.85. The summed E-state index contributed by atoms with van der Waals surface area (Å²) in [6, 6.07) is 4.10. The predicted molar refractivity (Wildman–Crippen MR) is 84.5 cm³/mol. The number of rotatable bonds is 7. The van der Waals surface area contributed by atoms with Gasteiger partial charge in [-0.3, -0.25) is 4.99 Å². The first-order valence-corrected chi connectivity index (χ1v) is 7.48. The minimum Gasteiger partial charge on any atom is -0.481 e. The second-order valence-electron chi connectivity index (χ2n) is 5.07. The van der Waals surface area contributed by atoms with Crippen LogP contribution in [0.25, 0.3) is 0 Å². The lowest BCUT2D eigenvalue weighted by Crippen LogP contribution is -2.41. The molecule has 0 saturated heterocycles. The van der Waals surface area contributed by atoms with Gasteiger partial charge in [0.2, 0.25) is 5.88 Å². The van der Waals surface area contributed by atoms with Crippen LogP contribution >= 0.6 is 0 Å². The van der Waals surface area contributed by atoms with Crippen LogP contribution in [0, 0.1) is 0 Å². The van der Waals surface area contributed by atoms with E-state index < -0.39 is 0 Å². The largest absolute Gasteiger partial charge is 0.481 e. The molecular formula is C15H25N5O. The average molecular weight is 291 g/mol. The molecule has 0 aromatic carbocycles.